The first-order valence-corrected chi connectivity index (χ1v) is 11.3. The van der Waals surface area contributed by atoms with E-state index in [1.54, 1.807) is 41.0 Å². The predicted molar refractivity (Wildman–Crippen MR) is 123 cm³/mol. The molecule has 0 unspecified atom stereocenters. The summed E-state index contributed by atoms with van der Waals surface area (Å²) in [6.07, 6.45) is 1.29. The minimum atomic E-state index is -3.63. The van der Waals surface area contributed by atoms with Crippen molar-refractivity contribution in [2.45, 2.75) is 18.4 Å². The van der Waals surface area contributed by atoms with Crippen LogP contribution >= 0.6 is 0 Å². The smallest absolute Gasteiger partial charge is 0.337 e. The second-order valence-corrected chi connectivity index (χ2v) is 9.62. The summed E-state index contributed by atoms with van der Waals surface area (Å²) in [5.41, 5.74) is 8.55. The van der Waals surface area contributed by atoms with Crippen molar-refractivity contribution in [2.75, 3.05) is 27.7 Å². The molecular formula is C23H26FN3O4S. The van der Waals surface area contributed by atoms with E-state index in [4.69, 9.17) is 10.5 Å². The average molecular weight is 460 g/mol. The molecule has 0 saturated carbocycles. The van der Waals surface area contributed by atoms with Crippen LogP contribution in [-0.4, -0.2) is 51.0 Å². The topological polar surface area (TPSA) is 94.6 Å². The van der Waals surface area contributed by atoms with Crippen LogP contribution in [0.15, 0.2) is 59.3 Å². The fourth-order valence-corrected chi connectivity index (χ4v) is 4.60. The molecule has 7 nitrogen and oxygen atoms in total. The van der Waals surface area contributed by atoms with E-state index in [0.717, 1.165) is 20.9 Å². The third kappa shape index (κ3) is 4.32. The molecule has 0 amide bonds. The van der Waals surface area contributed by atoms with Crippen LogP contribution in [-0.2, 0) is 21.3 Å². The zero-order chi connectivity index (χ0) is 23.6. The molecule has 0 aliphatic carbocycles. The van der Waals surface area contributed by atoms with Crippen molar-refractivity contribution >= 4 is 26.9 Å². The van der Waals surface area contributed by atoms with E-state index < -0.39 is 21.8 Å². The Morgan fingerprint density at radius 1 is 1.22 bits per heavy atom. The quantitative estimate of drug-likeness (QED) is 0.546. The largest absolute Gasteiger partial charge is 0.465 e. The first kappa shape index (κ1) is 23.6. The molecule has 0 spiro atoms. The van der Waals surface area contributed by atoms with Gasteiger partial charge in [-0.2, -0.15) is 0 Å². The lowest BCUT2D eigenvalue weighted by Gasteiger charge is -2.13. The zero-order valence-corrected chi connectivity index (χ0v) is 19.2. The van der Waals surface area contributed by atoms with Gasteiger partial charge in [-0.1, -0.05) is 18.2 Å². The molecule has 170 valence electrons. The maximum atomic E-state index is 14.4. The van der Waals surface area contributed by atoms with E-state index in [2.05, 4.69) is 0 Å². The molecule has 9 heteroatoms. The van der Waals surface area contributed by atoms with Crippen LogP contribution in [0, 0.1) is 6.92 Å². The van der Waals surface area contributed by atoms with Gasteiger partial charge in [0.05, 0.1) is 29.6 Å². The van der Waals surface area contributed by atoms with Crippen molar-refractivity contribution in [1.82, 2.24) is 8.87 Å². The molecule has 2 aromatic carbocycles. The fraction of sp³-hybridized carbons (Fsp3) is 0.261. The van der Waals surface area contributed by atoms with Crippen LogP contribution in [0.25, 0.3) is 22.0 Å². The van der Waals surface area contributed by atoms with Crippen molar-refractivity contribution in [3.63, 3.8) is 0 Å². The molecule has 0 aliphatic rings. The van der Waals surface area contributed by atoms with E-state index >= 15 is 0 Å². The highest BCUT2D eigenvalue weighted by atomic mass is 32.2. The van der Waals surface area contributed by atoms with Gasteiger partial charge in [0.15, 0.2) is 0 Å². The monoisotopic (exact) mass is 459 g/mol. The first-order chi connectivity index (χ1) is 15.1. The summed E-state index contributed by atoms with van der Waals surface area (Å²) >= 11 is 0. The van der Waals surface area contributed by atoms with Crippen LogP contribution in [0.3, 0.4) is 0 Å². The number of aromatic nitrogens is 1. The maximum Gasteiger partial charge on any atom is 0.337 e. The van der Waals surface area contributed by atoms with Crippen LogP contribution in [0.2, 0.25) is 0 Å². The second kappa shape index (κ2) is 9.23. The molecule has 3 rings (SSSR count). The third-order valence-electron chi connectivity index (χ3n) is 5.30. The van der Waals surface area contributed by atoms with Crippen molar-refractivity contribution in [1.29, 1.82) is 0 Å². The third-order valence-corrected chi connectivity index (χ3v) is 7.11. The number of sulfonamides is 1. The first-order valence-electron chi connectivity index (χ1n) is 9.90. The molecule has 0 fully saturated rings. The molecule has 1 heterocycles. The summed E-state index contributed by atoms with van der Waals surface area (Å²) in [7, 11) is 0.607. The summed E-state index contributed by atoms with van der Waals surface area (Å²) in [6, 6.07) is 11.7. The lowest BCUT2D eigenvalue weighted by molar-refractivity contribution is 0.0601. The highest BCUT2D eigenvalue weighted by molar-refractivity contribution is 7.89. The Morgan fingerprint density at radius 3 is 2.56 bits per heavy atom. The van der Waals surface area contributed by atoms with Gasteiger partial charge in [-0.15, -0.1) is 0 Å². The SMILES string of the molecule is COC(=O)c1ccc2c(-c3cccc(S(=O)(=O)N(C)C)c3)c(C)n(C/C(F)=C/CN)c2c1. The number of nitrogens with zero attached hydrogens (tertiary/aromatic N) is 2. The van der Waals surface area contributed by atoms with Gasteiger partial charge in [-0.05, 0) is 42.8 Å². The van der Waals surface area contributed by atoms with E-state index in [0.29, 0.717) is 16.6 Å². The number of nitrogens with two attached hydrogens (primary N) is 1. The highest BCUT2D eigenvalue weighted by Crippen LogP contribution is 2.37. The van der Waals surface area contributed by atoms with E-state index in [-0.39, 0.29) is 18.0 Å². The number of halogens is 1. The van der Waals surface area contributed by atoms with Gasteiger partial charge < -0.3 is 15.0 Å². The van der Waals surface area contributed by atoms with Crippen LogP contribution < -0.4 is 5.73 Å². The Balaban J connectivity index is 2.30. The van der Waals surface area contributed by atoms with Crippen LogP contribution in [0.4, 0.5) is 4.39 Å². The predicted octanol–water partition coefficient (Wildman–Crippen LogP) is 3.47. The van der Waals surface area contributed by atoms with Gasteiger partial charge in [-0.25, -0.2) is 21.9 Å². The summed E-state index contributed by atoms with van der Waals surface area (Å²) in [5, 5.41) is 0.759. The number of benzene rings is 2. The van der Waals surface area contributed by atoms with Gasteiger partial charge in [-0.3, -0.25) is 0 Å². The minimum absolute atomic E-state index is 0.0643. The number of methoxy groups -OCH3 is 1. The summed E-state index contributed by atoms with van der Waals surface area (Å²) < 4.78 is 47.4. The van der Waals surface area contributed by atoms with Gasteiger partial charge >= 0.3 is 5.97 Å². The number of allylic oxidation sites excluding steroid dienone is 1. The lowest BCUT2D eigenvalue weighted by Crippen LogP contribution is -2.22. The molecule has 1 aromatic heterocycles. The fourth-order valence-electron chi connectivity index (χ4n) is 3.66. The number of hydrogen-bond acceptors (Lipinski definition) is 5. The van der Waals surface area contributed by atoms with Crippen LogP contribution in [0.1, 0.15) is 16.1 Å². The summed E-state index contributed by atoms with van der Waals surface area (Å²) in [6.45, 7) is 1.82. The lowest BCUT2D eigenvalue weighted by atomic mass is 10.0. The van der Waals surface area contributed by atoms with Crippen molar-refractivity contribution in [2.24, 2.45) is 5.73 Å². The number of carbonyl (C=O) groups is 1. The Kier molecular flexibility index (Phi) is 6.82. The molecular weight excluding hydrogens is 433 g/mol. The zero-order valence-electron chi connectivity index (χ0n) is 18.4. The van der Waals surface area contributed by atoms with E-state index in [9.17, 15) is 17.6 Å². The molecule has 0 atom stereocenters. The van der Waals surface area contributed by atoms with E-state index in [1.165, 1.54) is 33.3 Å². The number of fused-ring (bicyclic) bond motifs is 1. The average Bonchev–Trinajstić information content (AvgIpc) is 3.04. The van der Waals surface area contributed by atoms with Crippen LogP contribution in [0.5, 0.6) is 0 Å². The maximum absolute atomic E-state index is 14.4. The van der Waals surface area contributed by atoms with Crippen molar-refractivity contribution in [3.05, 3.63) is 65.6 Å². The van der Waals surface area contributed by atoms with E-state index in [1.807, 2.05) is 6.92 Å². The number of carbonyl (C=O) groups excluding carboxylic acids is 1. The summed E-state index contributed by atoms with van der Waals surface area (Å²) in [5.74, 6) is -0.914. The van der Waals surface area contributed by atoms with Crippen molar-refractivity contribution < 1.29 is 22.3 Å². The molecule has 32 heavy (non-hydrogen) atoms. The number of rotatable bonds is 7. The minimum Gasteiger partial charge on any atom is -0.465 e. The normalized spacial score (nSPS) is 12.5. The Labute approximate surface area is 186 Å². The molecule has 0 radical (unpaired) electrons. The summed E-state index contributed by atoms with van der Waals surface area (Å²) in [4.78, 5) is 12.2. The van der Waals surface area contributed by atoms with Crippen molar-refractivity contribution in [3.8, 4) is 11.1 Å². The molecule has 2 N–H and O–H groups in total. The van der Waals surface area contributed by atoms with Gasteiger partial charge in [0.25, 0.3) is 0 Å². The second-order valence-electron chi connectivity index (χ2n) is 7.47. The number of esters is 1. The number of ether oxygens (including phenoxy) is 1. The van der Waals surface area contributed by atoms with Gasteiger partial charge in [0.2, 0.25) is 10.0 Å². The number of hydrogen-bond donors (Lipinski definition) is 1. The molecule has 0 aliphatic heterocycles. The van der Waals surface area contributed by atoms with Gasteiger partial charge in [0, 0.05) is 37.3 Å². The molecule has 3 aromatic rings. The highest BCUT2D eigenvalue weighted by Gasteiger charge is 2.22. The van der Waals surface area contributed by atoms with Gasteiger partial charge in [0.1, 0.15) is 5.83 Å². The Hall–Kier alpha value is -3.01. The Morgan fingerprint density at radius 2 is 1.94 bits per heavy atom. The molecule has 0 bridgehead atoms. The molecule has 0 saturated heterocycles. The standard InChI is InChI=1S/C23H26FN3O4S/c1-15-22(16-6-5-7-19(12-16)32(29,30)26(2)3)20-9-8-17(23(28)31-4)13-21(20)27(15)14-18(24)10-11-25/h5-10,12-13H,11,14,25H2,1-4H3/b18-10-. The Bertz CT molecular complexity index is 1310.